The van der Waals surface area contributed by atoms with Crippen LogP contribution in [0.5, 0.6) is 0 Å². The maximum Gasteiger partial charge on any atom is 0 e. The predicted molar refractivity (Wildman–Crippen MR) is 17.2 cm³/mol. The van der Waals surface area contributed by atoms with Gasteiger partial charge in [0.15, 0.2) is 0 Å². The molecule has 0 saturated heterocycles. The first-order chi connectivity index (χ1) is 0. The summed E-state index contributed by atoms with van der Waals surface area (Å²) >= 11 is 0. The van der Waals surface area contributed by atoms with E-state index in [9.17, 15) is 0 Å². The molecular formula is H7O2SbTi. The molecule has 0 aliphatic carbocycles. The molecule has 0 radical (unpaired) electrons. The van der Waals surface area contributed by atoms with Crippen molar-refractivity contribution in [3.05, 3.63) is 0 Å². The average molecular weight is 209 g/mol. The van der Waals surface area contributed by atoms with Crippen molar-refractivity contribution < 1.29 is 32.7 Å². The topological polar surface area (TPSA) is 63.0 Å². The van der Waals surface area contributed by atoms with Crippen molar-refractivity contribution in [1.82, 2.24) is 0 Å². The zero-order chi connectivity index (χ0) is 0. The minimum absolute atomic E-state index is 0. The summed E-state index contributed by atoms with van der Waals surface area (Å²) in [5, 5.41) is 0. The molecule has 0 aromatic rings. The molecule has 2 nitrogen and oxygen atoms in total. The van der Waals surface area contributed by atoms with Crippen LogP contribution < -0.4 is 0 Å². The summed E-state index contributed by atoms with van der Waals surface area (Å²) < 4.78 is 0. The van der Waals surface area contributed by atoms with Gasteiger partial charge < -0.3 is 11.0 Å². The summed E-state index contributed by atoms with van der Waals surface area (Å²) in [5.74, 6) is 0. The van der Waals surface area contributed by atoms with Gasteiger partial charge in [-0.3, -0.25) is 0 Å². The second-order valence-corrected chi connectivity index (χ2v) is 0. The van der Waals surface area contributed by atoms with E-state index in [0.29, 0.717) is 0 Å². The molecule has 0 unspecified atom stereocenters. The van der Waals surface area contributed by atoms with Crippen molar-refractivity contribution in [3.8, 4) is 0 Å². The standard InChI is InChI=1S/2H2O.Sb.Ti.3H/h2*1H2;;;;;. The van der Waals surface area contributed by atoms with E-state index in [-0.39, 0.29) is 57.1 Å². The zero-order valence-electron chi connectivity index (χ0n) is 2.21. The molecule has 0 aliphatic rings. The quantitative estimate of drug-likeness (QED) is 0.385. The van der Waals surface area contributed by atoms with Gasteiger partial charge in [0.1, 0.15) is 0 Å². The van der Waals surface area contributed by atoms with Crippen LogP contribution in [0.3, 0.4) is 0 Å². The Bertz CT molecular complexity index is 6.00. The molecule has 4 heteroatoms. The molecule has 0 saturated carbocycles. The third-order valence-electron chi connectivity index (χ3n) is 0. The SMILES string of the molecule is O.O.[SbH3].[Ti]. The molecular weight excluding hydrogens is 202 g/mol. The van der Waals surface area contributed by atoms with Crippen LogP contribution in [0, 0.1) is 0 Å². The van der Waals surface area contributed by atoms with Crippen LogP contribution in [0.25, 0.3) is 0 Å². The Morgan fingerprint density at radius 2 is 0.750 bits per heavy atom. The van der Waals surface area contributed by atoms with Crippen LogP contribution in [-0.4, -0.2) is 35.4 Å². The zero-order valence-corrected chi connectivity index (χ0v) is 7.80. The Morgan fingerprint density at radius 1 is 0.750 bits per heavy atom. The molecule has 0 rings (SSSR count). The molecule has 0 atom stereocenters. The van der Waals surface area contributed by atoms with Gasteiger partial charge in [-0.05, 0) is 0 Å². The second kappa shape index (κ2) is 25.2. The van der Waals surface area contributed by atoms with Gasteiger partial charge in [-0.15, -0.1) is 0 Å². The van der Waals surface area contributed by atoms with E-state index < -0.39 is 0 Å². The minimum Gasteiger partial charge on any atom is 0 e. The Labute approximate surface area is 56.9 Å². The summed E-state index contributed by atoms with van der Waals surface area (Å²) in [4.78, 5) is 0. The Balaban J connectivity index is 0. The molecule has 0 spiro atoms. The summed E-state index contributed by atoms with van der Waals surface area (Å²) in [6, 6.07) is 0. The van der Waals surface area contributed by atoms with Crippen molar-refractivity contribution in [2.75, 3.05) is 0 Å². The van der Waals surface area contributed by atoms with Crippen molar-refractivity contribution in [1.29, 1.82) is 0 Å². The number of hydrogen-bond acceptors (Lipinski definition) is 0. The van der Waals surface area contributed by atoms with Crippen molar-refractivity contribution in [2.24, 2.45) is 0 Å². The van der Waals surface area contributed by atoms with E-state index in [1.165, 1.54) is 0 Å². The third kappa shape index (κ3) is 9.84. The van der Waals surface area contributed by atoms with Gasteiger partial charge in [0.25, 0.3) is 0 Å². The Morgan fingerprint density at radius 3 is 0.750 bits per heavy atom. The van der Waals surface area contributed by atoms with E-state index in [4.69, 9.17) is 0 Å². The van der Waals surface area contributed by atoms with Gasteiger partial charge in [0, 0.05) is 21.7 Å². The fourth-order valence-electron chi connectivity index (χ4n) is 0. The largest absolute Gasteiger partial charge is 0 e. The molecule has 0 aliphatic heterocycles. The molecule has 4 N–H and O–H groups in total. The fourth-order valence-corrected chi connectivity index (χ4v) is 0. The summed E-state index contributed by atoms with van der Waals surface area (Å²) in [6.45, 7) is 0. The van der Waals surface area contributed by atoms with Crippen molar-refractivity contribution in [3.63, 3.8) is 0 Å². The maximum absolute atomic E-state index is 0. The van der Waals surface area contributed by atoms with E-state index in [0.717, 1.165) is 0 Å². The van der Waals surface area contributed by atoms with Crippen LogP contribution in [0.15, 0.2) is 0 Å². The Hall–Kier alpha value is 1.45. The number of hydrogen-bond donors (Lipinski definition) is 0. The maximum atomic E-state index is 0. The van der Waals surface area contributed by atoms with Gasteiger partial charge in [-0.1, -0.05) is 0 Å². The minimum atomic E-state index is 0. The fraction of sp³-hybridized carbons (Fsp3) is 0. The smallest absolute Gasteiger partial charge is 0 e. The first-order valence-electron chi connectivity index (χ1n) is 0. The van der Waals surface area contributed by atoms with E-state index in [1.807, 2.05) is 0 Å². The average Bonchev–Trinajstić information content (AvgIpc) is 0. The van der Waals surface area contributed by atoms with E-state index in [1.54, 1.807) is 0 Å². The van der Waals surface area contributed by atoms with Crippen LogP contribution in [-0.2, 0) is 21.7 Å². The third-order valence-corrected chi connectivity index (χ3v) is 0. The van der Waals surface area contributed by atoms with Gasteiger partial charge >= 0.3 is 24.4 Å². The first kappa shape index (κ1) is 51.2. The molecule has 0 fully saturated rings. The van der Waals surface area contributed by atoms with Gasteiger partial charge in [0.2, 0.25) is 0 Å². The number of rotatable bonds is 0. The second-order valence-electron chi connectivity index (χ2n) is 0. The molecule has 28 valence electrons. The van der Waals surface area contributed by atoms with Crippen LogP contribution in [0.4, 0.5) is 0 Å². The van der Waals surface area contributed by atoms with Gasteiger partial charge in [-0.25, -0.2) is 0 Å². The molecule has 0 heterocycles. The van der Waals surface area contributed by atoms with Crippen LogP contribution >= 0.6 is 0 Å². The normalized spacial score (nSPS) is 0. The summed E-state index contributed by atoms with van der Waals surface area (Å²) in [6.07, 6.45) is 0. The van der Waals surface area contributed by atoms with E-state index in [2.05, 4.69) is 0 Å². The first-order valence-corrected chi connectivity index (χ1v) is 0. The Kier molecular flexibility index (Phi) is 322. The van der Waals surface area contributed by atoms with Gasteiger partial charge in [-0.2, -0.15) is 0 Å². The van der Waals surface area contributed by atoms with E-state index >= 15 is 0 Å². The molecule has 0 amide bonds. The monoisotopic (exact) mass is 208 g/mol. The van der Waals surface area contributed by atoms with Gasteiger partial charge in [0.05, 0.1) is 0 Å². The molecule has 0 aromatic carbocycles. The molecule has 0 aromatic heterocycles. The molecule has 0 bridgehead atoms. The summed E-state index contributed by atoms with van der Waals surface area (Å²) in [7, 11) is 0. The van der Waals surface area contributed by atoms with Crippen molar-refractivity contribution in [2.45, 2.75) is 0 Å². The van der Waals surface area contributed by atoms with Crippen molar-refractivity contribution >= 4 is 24.4 Å². The summed E-state index contributed by atoms with van der Waals surface area (Å²) in [5.41, 5.74) is 0. The molecule has 4 heavy (non-hydrogen) atoms. The predicted octanol–water partition coefficient (Wildman–Crippen LogP) is -2.84. The van der Waals surface area contributed by atoms with Crippen LogP contribution in [0.2, 0.25) is 0 Å². The van der Waals surface area contributed by atoms with Crippen LogP contribution in [0.1, 0.15) is 0 Å².